The molecule has 2 aromatic carbocycles. The number of hydrogen-bond donors (Lipinski definition) is 1. The molecule has 0 fully saturated rings. The average molecular weight is 314 g/mol. The van der Waals surface area contributed by atoms with Crippen LogP contribution in [0.2, 0.25) is 0 Å². The fourth-order valence-corrected chi connectivity index (χ4v) is 2.09. The van der Waals surface area contributed by atoms with Crippen molar-refractivity contribution in [2.45, 2.75) is 20.0 Å². The number of carbonyl (C=O) groups excluding carboxylic acids is 2. The molecule has 2 rings (SSSR count). The molecule has 1 atom stereocenters. The summed E-state index contributed by atoms with van der Waals surface area (Å²) in [6, 6.07) is 11.3. The monoisotopic (exact) mass is 314 g/mol. The van der Waals surface area contributed by atoms with Gasteiger partial charge in [-0.2, -0.15) is 0 Å². The lowest BCUT2D eigenvalue weighted by Crippen LogP contribution is -2.24. The van der Waals surface area contributed by atoms with E-state index in [1.165, 1.54) is 20.1 Å². The van der Waals surface area contributed by atoms with Crippen LogP contribution in [0.4, 0.5) is 0 Å². The van der Waals surface area contributed by atoms with Gasteiger partial charge in [-0.3, -0.25) is 4.79 Å². The molecule has 0 aliphatic rings. The molecule has 0 aliphatic carbocycles. The number of benzene rings is 2. The van der Waals surface area contributed by atoms with Gasteiger partial charge in [0, 0.05) is 5.56 Å². The molecule has 5 nitrogen and oxygen atoms in total. The van der Waals surface area contributed by atoms with Gasteiger partial charge in [0.15, 0.2) is 6.10 Å². The van der Waals surface area contributed by atoms with Gasteiger partial charge in [-0.25, -0.2) is 4.79 Å². The van der Waals surface area contributed by atoms with Crippen molar-refractivity contribution in [3.63, 3.8) is 0 Å². The first-order valence-corrected chi connectivity index (χ1v) is 7.12. The zero-order chi connectivity index (χ0) is 17.0. The summed E-state index contributed by atoms with van der Waals surface area (Å²) >= 11 is 0. The Labute approximate surface area is 134 Å². The Morgan fingerprint density at radius 3 is 2.35 bits per heavy atom. The number of ether oxygens (including phenoxy) is 2. The van der Waals surface area contributed by atoms with Crippen molar-refractivity contribution in [1.29, 1.82) is 0 Å². The van der Waals surface area contributed by atoms with E-state index in [-0.39, 0.29) is 17.1 Å². The lowest BCUT2D eigenvalue weighted by Gasteiger charge is -2.13. The number of carbonyl (C=O) groups is 2. The second kappa shape index (κ2) is 6.96. The number of aromatic hydroxyl groups is 1. The van der Waals surface area contributed by atoms with Crippen LogP contribution >= 0.6 is 0 Å². The minimum absolute atomic E-state index is 0.0411. The molecule has 0 radical (unpaired) electrons. The van der Waals surface area contributed by atoms with E-state index in [1.54, 1.807) is 43.3 Å². The molecule has 23 heavy (non-hydrogen) atoms. The fraction of sp³-hybridized carbons (Fsp3) is 0.222. The second-order valence-corrected chi connectivity index (χ2v) is 5.11. The Bertz CT molecular complexity index is 719. The van der Waals surface area contributed by atoms with Gasteiger partial charge in [0.05, 0.1) is 7.11 Å². The van der Waals surface area contributed by atoms with E-state index in [9.17, 15) is 14.7 Å². The molecule has 0 saturated heterocycles. The molecule has 0 saturated carbocycles. The second-order valence-electron chi connectivity index (χ2n) is 5.11. The molecule has 2 aromatic rings. The third-order valence-electron chi connectivity index (χ3n) is 3.49. The highest BCUT2D eigenvalue weighted by molar-refractivity contribution is 6.02. The van der Waals surface area contributed by atoms with Crippen LogP contribution in [-0.4, -0.2) is 30.1 Å². The lowest BCUT2D eigenvalue weighted by molar-refractivity contribution is 0.0316. The van der Waals surface area contributed by atoms with E-state index in [0.29, 0.717) is 16.9 Å². The molecular weight excluding hydrogens is 296 g/mol. The maximum absolute atomic E-state index is 12.3. The smallest absolute Gasteiger partial charge is 0.342 e. The SMILES string of the molecule is COc1ccc(C(=O)[C@H](C)OC(=O)c2cccc(C)c2O)cc1. The molecular formula is C18H18O5. The van der Waals surface area contributed by atoms with Crippen LogP contribution in [0, 0.1) is 6.92 Å². The Morgan fingerprint density at radius 2 is 1.74 bits per heavy atom. The van der Waals surface area contributed by atoms with Crippen LogP contribution in [-0.2, 0) is 4.74 Å². The summed E-state index contributed by atoms with van der Waals surface area (Å²) in [7, 11) is 1.54. The standard InChI is InChI=1S/C18H18O5/c1-11-5-4-6-15(16(11)19)18(21)23-12(2)17(20)13-7-9-14(22-3)10-8-13/h4-10,12,19H,1-3H3/t12-/m0/s1. The maximum Gasteiger partial charge on any atom is 0.342 e. The number of aryl methyl sites for hydroxylation is 1. The normalized spacial score (nSPS) is 11.6. The number of para-hydroxylation sites is 1. The molecule has 5 heteroatoms. The Kier molecular flexibility index (Phi) is 5.01. The highest BCUT2D eigenvalue weighted by Gasteiger charge is 2.22. The van der Waals surface area contributed by atoms with Crippen LogP contribution in [0.15, 0.2) is 42.5 Å². The molecule has 120 valence electrons. The Hall–Kier alpha value is -2.82. The summed E-state index contributed by atoms with van der Waals surface area (Å²) in [5.74, 6) is -0.564. The van der Waals surface area contributed by atoms with Gasteiger partial charge in [-0.1, -0.05) is 12.1 Å². The average Bonchev–Trinajstić information content (AvgIpc) is 2.56. The van der Waals surface area contributed by atoms with Crippen molar-refractivity contribution in [2.24, 2.45) is 0 Å². The molecule has 0 bridgehead atoms. The van der Waals surface area contributed by atoms with E-state index in [2.05, 4.69) is 0 Å². The van der Waals surface area contributed by atoms with Crippen molar-refractivity contribution in [1.82, 2.24) is 0 Å². The topological polar surface area (TPSA) is 72.8 Å². The maximum atomic E-state index is 12.3. The molecule has 0 unspecified atom stereocenters. The van der Waals surface area contributed by atoms with Gasteiger partial charge in [0.2, 0.25) is 5.78 Å². The minimum atomic E-state index is -0.962. The van der Waals surface area contributed by atoms with E-state index < -0.39 is 12.1 Å². The van der Waals surface area contributed by atoms with Crippen LogP contribution in [0.1, 0.15) is 33.2 Å². The van der Waals surface area contributed by atoms with Crippen LogP contribution in [0.5, 0.6) is 11.5 Å². The van der Waals surface area contributed by atoms with E-state index >= 15 is 0 Å². The summed E-state index contributed by atoms with van der Waals surface area (Å²) in [6.45, 7) is 3.18. The molecule has 0 spiro atoms. The largest absolute Gasteiger partial charge is 0.507 e. The molecule has 1 N–H and O–H groups in total. The predicted molar refractivity (Wildman–Crippen MR) is 85.0 cm³/mol. The fourth-order valence-electron chi connectivity index (χ4n) is 2.09. The van der Waals surface area contributed by atoms with Gasteiger partial charge in [0.25, 0.3) is 0 Å². The van der Waals surface area contributed by atoms with Crippen LogP contribution < -0.4 is 4.74 Å². The highest BCUT2D eigenvalue weighted by Crippen LogP contribution is 2.23. The Balaban J connectivity index is 2.11. The number of rotatable bonds is 5. The molecule has 0 aromatic heterocycles. The van der Waals surface area contributed by atoms with Crippen molar-refractivity contribution in [3.05, 3.63) is 59.2 Å². The number of phenolic OH excluding ortho intramolecular Hbond substituents is 1. The van der Waals surface area contributed by atoms with Crippen LogP contribution in [0.25, 0.3) is 0 Å². The van der Waals surface area contributed by atoms with Crippen molar-refractivity contribution in [2.75, 3.05) is 7.11 Å². The zero-order valence-electron chi connectivity index (χ0n) is 13.2. The number of hydrogen-bond acceptors (Lipinski definition) is 5. The van der Waals surface area contributed by atoms with Gasteiger partial charge < -0.3 is 14.6 Å². The molecule has 0 heterocycles. The minimum Gasteiger partial charge on any atom is -0.507 e. The highest BCUT2D eigenvalue weighted by atomic mass is 16.5. The summed E-state index contributed by atoms with van der Waals surface area (Å²) in [5.41, 5.74) is 1.02. The quantitative estimate of drug-likeness (QED) is 0.678. The summed E-state index contributed by atoms with van der Waals surface area (Å²) in [6.07, 6.45) is -0.962. The summed E-state index contributed by atoms with van der Waals surface area (Å²) in [4.78, 5) is 24.4. The lowest BCUT2D eigenvalue weighted by atomic mass is 10.1. The van der Waals surface area contributed by atoms with Gasteiger partial charge in [-0.15, -0.1) is 0 Å². The third kappa shape index (κ3) is 3.69. The van der Waals surface area contributed by atoms with Crippen molar-refractivity contribution < 1.29 is 24.2 Å². The zero-order valence-corrected chi connectivity index (χ0v) is 13.2. The van der Waals surface area contributed by atoms with E-state index in [4.69, 9.17) is 9.47 Å². The van der Waals surface area contributed by atoms with Crippen molar-refractivity contribution >= 4 is 11.8 Å². The van der Waals surface area contributed by atoms with Crippen molar-refractivity contribution in [3.8, 4) is 11.5 Å². The summed E-state index contributed by atoms with van der Waals surface area (Å²) in [5, 5.41) is 9.89. The first-order valence-electron chi connectivity index (χ1n) is 7.12. The van der Waals surface area contributed by atoms with E-state index in [0.717, 1.165) is 0 Å². The van der Waals surface area contributed by atoms with E-state index in [1.807, 2.05) is 0 Å². The number of methoxy groups -OCH3 is 1. The third-order valence-corrected chi connectivity index (χ3v) is 3.49. The number of Topliss-reactive ketones (excluding diaryl/α,β-unsaturated/α-hetero) is 1. The first kappa shape index (κ1) is 16.5. The van der Waals surface area contributed by atoms with Crippen LogP contribution in [0.3, 0.4) is 0 Å². The number of esters is 1. The first-order chi connectivity index (χ1) is 10.9. The molecule has 0 aliphatic heterocycles. The predicted octanol–water partition coefficient (Wildman–Crippen LogP) is 3.14. The van der Waals surface area contributed by atoms with Gasteiger partial charge >= 0.3 is 5.97 Å². The van der Waals surface area contributed by atoms with Gasteiger partial charge in [0.1, 0.15) is 17.1 Å². The van der Waals surface area contributed by atoms with Gasteiger partial charge in [-0.05, 0) is 49.7 Å². The summed E-state index contributed by atoms with van der Waals surface area (Å²) < 4.78 is 10.2. The molecule has 0 amide bonds. The number of phenols is 1. The Morgan fingerprint density at radius 1 is 1.09 bits per heavy atom. The number of ketones is 1.